The highest BCUT2D eigenvalue weighted by Crippen LogP contribution is 2.28. The van der Waals surface area contributed by atoms with Crippen LogP contribution in [0.15, 0.2) is 59.1 Å². The van der Waals surface area contributed by atoms with E-state index in [2.05, 4.69) is 15.0 Å². The van der Waals surface area contributed by atoms with Crippen molar-refractivity contribution in [1.82, 2.24) is 24.2 Å². The first-order valence-corrected chi connectivity index (χ1v) is 12.6. The molecular formula is C22H21N5O4S2. The topological polar surface area (TPSA) is 108 Å². The van der Waals surface area contributed by atoms with Gasteiger partial charge in [0.15, 0.2) is 0 Å². The van der Waals surface area contributed by atoms with Gasteiger partial charge in [-0.2, -0.15) is 4.31 Å². The largest absolute Gasteiger partial charge is 0.497 e. The lowest BCUT2D eigenvalue weighted by Gasteiger charge is -2.33. The van der Waals surface area contributed by atoms with Gasteiger partial charge in [0.1, 0.15) is 27.0 Å². The molecule has 9 nitrogen and oxygen atoms in total. The maximum atomic E-state index is 13.2. The molecule has 33 heavy (non-hydrogen) atoms. The smallest absolute Gasteiger partial charge is 0.273 e. The number of pyridine rings is 1. The lowest BCUT2D eigenvalue weighted by Crippen LogP contribution is -2.50. The van der Waals surface area contributed by atoms with Crippen molar-refractivity contribution in [2.45, 2.75) is 4.90 Å². The quantitative estimate of drug-likeness (QED) is 0.468. The van der Waals surface area contributed by atoms with Crippen molar-refractivity contribution in [3.8, 4) is 16.3 Å². The minimum absolute atomic E-state index is 0.195. The zero-order chi connectivity index (χ0) is 23.0. The Morgan fingerprint density at radius 2 is 1.88 bits per heavy atom. The Morgan fingerprint density at radius 1 is 1.12 bits per heavy atom. The SMILES string of the molecule is COc1ccc(-c2nc(C(=O)N3CCN(S(=O)(=O)c4c[nH]c5ncccc45)CC3)cs2)cc1. The number of H-pyrrole nitrogens is 1. The number of carbonyl (C=O) groups excluding carboxylic acids is 1. The van der Waals surface area contributed by atoms with E-state index in [9.17, 15) is 13.2 Å². The monoisotopic (exact) mass is 483 g/mol. The summed E-state index contributed by atoms with van der Waals surface area (Å²) in [4.78, 5) is 26.4. The van der Waals surface area contributed by atoms with Crippen LogP contribution >= 0.6 is 11.3 Å². The number of benzene rings is 1. The molecule has 0 bridgehead atoms. The molecule has 1 saturated heterocycles. The zero-order valence-corrected chi connectivity index (χ0v) is 19.4. The minimum Gasteiger partial charge on any atom is -0.497 e. The van der Waals surface area contributed by atoms with Gasteiger partial charge in [0.2, 0.25) is 10.0 Å². The molecule has 1 aromatic carbocycles. The number of rotatable bonds is 5. The first kappa shape index (κ1) is 21.6. The Labute approximate surface area is 194 Å². The average molecular weight is 484 g/mol. The van der Waals surface area contributed by atoms with Crippen LogP contribution in [0.5, 0.6) is 5.75 Å². The van der Waals surface area contributed by atoms with Crippen LogP contribution in [0.4, 0.5) is 0 Å². The Morgan fingerprint density at radius 3 is 2.61 bits per heavy atom. The zero-order valence-electron chi connectivity index (χ0n) is 17.8. The number of aromatic amines is 1. The Kier molecular flexibility index (Phi) is 5.60. The summed E-state index contributed by atoms with van der Waals surface area (Å²) >= 11 is 1.40. The number of sulfonamides is 1. The number of thiazole rings is 1. The van der Waals surface area contributed by atoms with Crippen molar-refractivity contribution in [2.24, 2.45) is 0 Å². The second kappa shape index (κ2) is 8.58. The number of carbonyl (C=O) groups is 1. The molecule has 1 aliphatic rings. The number of fused-ring (bicyclic) bond motifs is 1. The normalized spacial score (nSPS) is 15.1. The third kappa shape index (κ3) is 3.99. The molecule has 1 fully saturated rings. The Bertz CT molecular complexity index is 1400. The highest BCUT2D eigenvalue weighted by atomic mass is 32.2. The van der Waals surface area contributed by atoms with E-state index in [1.807, 2.05) is 24.3 Å². The van der Waals surface area contributed by atoms with Crippen LogP contribution in [0, 0.1) is 0 Å². The molecule has 5 rings (SSSR count). The first-order chi connectivity index (χ1) is 16.0. The van der Waals surface area contributed by atoms with Crippen LogP contribution in [-0.2, 0) is 10.0 Å². The Balaban J connectivity index is 1.27. The minimum atomic E-state index is -3.70. The second-order valence-electron chi connectivity index (χ2n) is 7.52. The van der Waals surface area contributed by atoms with Crippen molar-refractivity contribution in [3.63, 3.8) is 0 Å². The third-order valence-corrected chi connectivity index (χ3v) is 8.45. The van der Waals surface area contributed by atoms with Gasteiger partial charge in [0.05, 0.1) is 7.11 Å². The summed E-state index contributed by atoms with van der Waals surface area (Å²) in [6, 6.07) is 10.9. The van der Waals surface area contributed by atoms with E-state index >= 15 is 0 Å². The maximum Gasteiger partial charge on any atom is 0.273 e. The summed E-state index contributed by atoms with van der Waals surface area (Å²) in [5.41, 5.74) is 1.80. The van der Waals surface area contributed by atoms with E-state index in [4.69, 9.17) is 4.74 Å². The molecule has 1 amide bonds. The lowest BCUT2D eigenvalue weighted by molar-refractivity contribution is 0.0693. The summed E-state index contributed by atoms with van der Waals surface area (Å²) in [7, 11) is -2.09. The summed E-state index contributed by atoms with van der Waals surface area (Å²) in [6.07, 6.45) is 3.08. The van der Waals surface area contributed by atoms with Crippen molar-refractivity contribution < 1.29 is 17.9 Å². The van der Waals surface area contributed by atoms with Gasteiger partial charge in [-0.1, -0.05) is 0 Å². The van der Waals surface area contributed by atoms with Crippen LogP contribution in [0.25, 0.3) is 21.6 Å². The van der Waals surface area contributed by atoms with Gasteiger partial charge in [0.25, 0.3) is 5.91 Å². The maximum absolute atomic E-state index is 13.2. The van der Waals surface area contributed by atoms with E-state index in [-0.39, 0.29) is 23.9 Å². The molecule has 0 saturated carbocycles. The number of nitrogens with zero attached hydrogens (tertiary/aromatic N) is 4. The van der Waals surface area contributed by atoms with E-state index in [0.29, 0.717) is 29.8 Å². The number of ether oxygens (including phenoxy) is 1. The fourth-order valence-electron chi connectivity index (χ4n) is 3.82. The molecule has 170 valence electrons. The molecule has 0 atom stereocenters. The summed E-state index contributed by atoms with van der Waals surface area (Å²) in [6.45, 7) is 1.04. The van der Waals surface area contributed by atoms with Crippen molar-refractivity contribution >= 4 is 38.3 Å². The molecule has 4 heterocycles. The van der Waals surface area contributed by atoms with Crippen molar-refractivity contribution in [2.75, 3.05) is 33.3 Å². The third-order valence-electron chi connectivity index (χ3n) is 5.62. The molecule has 0 spiro atoms. The standard InChI is InChI=1S/C22H21N5O4S2/c1-31-16-6-4-15(5-7-16)21-25-18(14-32-21)22(28)26-9-11-27(12-10-26)33(29,30)19-13-24-20-17(19)3-2-8-23-20/h2-8,13-14H,9-12H2,1H3,(H,23,24). The molecule has 11 heteroatoms. The van der Waals surface area contributed by atoms with Gasteiger partial charge in [-0.3, -0.25) is 4.79 Å². The number of aromatic nitrogens is 3. The highest BCUT2D eigenvalue weighted by Gasteiger charge is 2.32. The molecule has 0 unspecified atom stereocenters. The summed E-state index contributed by atoms with van der Waals surface area (Å²) in [5.74, 6) is 0.558. The number of hydrogen-bond donors (Lipinski definition) is 1. The molecule has 4 aromatic rings. The predicted molar refractivity (Wildman–Crippen MR) is 125 cm³/mol. The van der Waals surface area contributed by atoms with Crippen LogP contribution in [0.3, 0.4) is 0 Å². The van der Waals surface area contributed by atoms with Crippen LogP contribution in [-0.4, -0.2) is 71.8 Å². The van der Waals surface area contributed by atoms with Gasteiger partial charge in [0, 0.05) is 54.9 Å². The van der Waals surface area contributed by atoms with Gasteiger partial charge in [-0.05, 0) is 36.4 Å². The summed E-state index contributed by atoms with van der Waals surface area (Å²) in [5, 5.41) is 3.05. The van der Waals surface area contributed by atoms with Crippen LogP contribution in [0.2, 0.25) is 0 Å². The van der Waals surface area contributed by atoms with Gasteiger partial charge in [-0.25, -0.2) is 18.4 Å². The van der Waals surface area contributed by atoms with E-state index in [0.717, 1.165) is 16.3 Å². The molecule has 1 aliphatic heterocycles. The Hall–Kier alpha value is -3.28. The molecule has 1 N–H and O–H groups in total. The van der Waals surface area contributed by atoms with Crippen molar-refractivity contribution in [3.05, 3.63) is 59.9 Å². The summed E-state index contributed by atoms with van der Waals surface area (Å²) < 4.78 is 32.9. The van der Waals surface area contributed by atoms with E-state index in [1.165, 1.54) is 21.8 Å². The fourth-order valence-corrected chi connectivity index (χ4v) is 6.19. The van der Waals surface area contributed by atoms with Gasteiger partial charge in [-0.15, -0.1) is 11.3 Å². The number of amides is 1. The van der Waals surface area contributed by atoms with E-state index in [1.54, 1.807) is 35.7 Å². The number of piperazine rings is 1. The van der Waals surface area contributed by atoms with Crippen LogP contribution in [0.1, 0.15) is 10.5 Å². The molecular weight excluding hydrogens is 462 g/mol. The second-order valence-corrected chi connectivity index (χ2v) is 10.3. The highest BCUT2D eigenvalue weighted by molar-refractivity contribution is 7.89. The predicted octanol–water partition coefficient (Wildman–Crippen LogP) is 2.84. The molecule has 0 aliphatic carbocycles. The van der Waals surface area contributed by atoms with Gasteiger partial charge >= 0.3 is 0 Å². The number of hydrogen-bond acceptors (Lipinski definition) is 7. The molecule has 3 aromatic heterocycles. The van der Waals surface area contributed by atoms with Crippen LogP contribution < -0.4 is 4.74 Å². The fraction of sp³-hybridized carbons (Fsp3) is 0.227. The van der Waals surface area contributed by atoms with Gasteiger partial charge < -0.3 is 14.6 Å². The van der Waals surface area contributed by atoms with Crippen molar-refractivity contribution in [1.29, 1.82) is 0 Å². The number of nitrogens with one attached hydrogen (secondary N) is 1. The van der Waals surface area contributed by atoms with E-state index < -0.39 is 10.0 Å². The lowest BCUT2D eigenvalue weighted by atomic mass is 10.2. The first-order valence-electron chi connectivity index (χ1n) is 10.3. The molecule has 0 radical (unpaired) electrons. The average Bonchev–Trinajstić information content (AvgIpc) is 3.52. The number of methoxy groups -OCH3 is 1.